The number of benzene rings is 1. The molecule has 1 fully saturated rings. The number of morpholine rings is 1. The van der Waals surface area contributed by atoms with Crippen LogP contribution in [0.2, 0.25) is 0 Å². The molecule has 0 aromatic heterocycles. The van der Waals surface area contributed by atoms with E-state index in [9.17, 15) is 0 Å². The normalized spacial score (nSPS) is 28.1. The predicted octanol–water partition coefficient (Wildman–Crippen LogP) is 2.92. The fourth-order valence-electron chi connectivity index (χ4n) is 2.11. The van der Waals surface area contributed by atoms with Crippen LogP contribution in [0.5, 0.6) is 0 Å². The Morgan fingerprint density at radius 2 is 1.82 bits per heavy atom. The van der Waals surface area contributed by atoms with E-state index in [1.807, 2.05) is 0 Å². The van der Waals surface area contributed by atoms with E-state index in [4.69, 9.17) is 4.74 Å². The Labute approximate surface area is 104 Å². The first-order valence-corrected chi connectivity index (χ1v) is 6.29. The number of rotatable bonds is 1. The molecule has 17 heavy (non-hydrogen) atoms. The van der Waals surface area contributed by atoms with Crippen LogP contribution < -0.4 is 5.32 Å². The van der Waals surface area contributed by atoms with Gasteiger partial charge in [-0.1, -0.05) is 18.2 Å². The van der Waals surface area contributed by atoms with Gasteiger partial charge in [0.25, 0.3) is 0 Å². The molecule has 94 valence electrons. The summed E-state index contributed by atoms with van der Waals surface area (Å²) in [5, 5.41) is 3.56. The highest BCUT2D eigenvalue weighted by Crippen LogP contribution is 2.31. The molecule has 1 aliphatic rings. The molecule has 0 spiro atoms. The lowest BCUT2D eigenvalue weighted by Crippen LogP contribution is -2.56. The largest absolute Gasteiger partial charge is 0.367 e. The standard InChI is InChI=1S/C15H23NO/c1-11-6-7-13(8-12(11)2)15(5)9-16-14(3,4)10-17-15/h6-8,16H,9-10H2,1-5H3. The van der Waals surface area contributed by atoms with Crippen molar-refractivity contribution in [2.45, 2.75) is 45.8 Å². The molecule has 1 atom stereocenters. The van der Waals surface area contributed by atoms with Crippen molar-refractivity contribution in [2.75, 3.05) is 13.2 Å². The van der Waals surface area contributed by atoms with Crippen molar-refractivity contribution in [1.29, 1.82) is 0 Å². The molecule has 1 N–H and O–H groups in total. The fourth-order valence-corrected chi connectivity index (χ4v) is 2.11. The minimum absolute atomic E-state index is 0.0826. The predicted molar refractivity (Wildman–Crippen MR) is 71.3 cm³/mol. The molecule has 1 saturated heterocycles. The van der Waals surface area contributed by atoms with Gasteiger partial charge in [-0.2, -0.15) is 0 Å². The van der Waals surface area contributed by atoms with Gasteiger partial charge >= 0.3 is 0 Å². The van der Waals surface area contributed by atoms with Crippen molar-refractivity contribution in [2.24, 2.45) is 0 Å². The van der Waals surface area contributed by atoms with Gasteiger partial charge in [0.15, 0.2) is 0 Å². The van der Waals surface area contributed by atoms with Crippen LogP contribution in [0.4, 0.5) is 0 Å². The smallest absolute Gasteiger partial charge is 0.103 e. The van der Waals surface area contributed by atoms with E-state index in [0.29, 0.717) is 0 Å². The molecule has 2 heteroatoms. The van der Waals surface area contributed by atoms with Gasteiger partial charge in [0.05, 0.1) is 6.61 Å². The van der Waals surface area contributed by atoms with E-state index >= 15 is 0 Å². The molecular weight excluding hydrogens is 210 g/mol. The summed E-state index contributed by atoms with van der Waals surface area (Å²) in [7, 11) is 0. The van der Waals surface area contributed by atoms with Crippen LogP contribution in [-0.2, 0) is 10.3 Å². The Kier molecular flexibility index (Phi) is 3.04. The Morgan fingerprint density at radius 3 is 2.35 bits per heavy atom. The summed E-state index contributed by atoms with van der Waals surface area (Å²) in [4.78, 5) is 0. The molecule has 0 amide bonds. The summed E-state index contributed by atoms with van der Waals surface area (Å²) >= 11 is 0. The second-order valence-electron chi connectivity index (χ2n) is 6.06. The van der Waals surface area contributed by atoms with Gasteiger partial charge in [0, 0.05) is 12.1 Å². The average Bonchev–Trinajstić information content (AvgIpc) is 2.27. The summed E-state index contributed by atoms with van der Waals surface area (Å²) in [5.41, 5.74) is 3.81. The van der Waals surface area contributed by atoms with Crippen LogP contribution >= 0.6 is 0 Å². The molecule has 1 aromatic carbocycles. The van der Waals surface area contributed by atoms with E-state index in [2.05, 4.69) is 58.1 Å². The first-order valence-electron chi connectivity index (χ1n) is 6.29. The number of hydrogen-bond acceptors (Lipinski definition) is 2. The van der Waals surface area contributed by atoms with Crippen LogP contribution in [0.3, 0.4) is 0 Å². The quantitative estimate of drug-likeness (QED) is 0.805. The van der Waals surface area contributed by atoms with Crippen LogP contribution in [-0.4, -0.2) is 18.7 Å². The molecule has 1 aliphatic heterocycles. The highest BCUT2D eigenvalue weighted by molar-refractivity contribution is 5.33. The lowest BCUT2D eigenvalue weighted by molar-refractivity contribution is -0.0950. The number of ether oxygens (including phenoxy) is 1. The van der Waals surface area contributed by atoms with E-state index < -0.39 is 0 Å². The van der Waals surface area contributed by atoms with Crippen LogP contribution in [0.15, 0.2) is 18.2 Å². The molecule has 2 rings (SSSR count). The zero-order valence-corrected chi connectivity index (χ0v) is 11.6. The van der Waals surface area contributed by atoms with Gasteiger partial charge in [-0.15, -0.1) is 0 Å². The Hall–Kier alpha value is -0.860. The summed E-state index contributed by atoms with van der Waals surface area (Å²) in [6, 6.07) is 6.61. The van der Waals surface area contributed by atoms with Crippen molar-refractivity contribution in [3.63, 3.8) is 0 Å². The molecule has 1 heterocycles. The topological polar surface area (TPSA) is 21.3 Å². The van der Waals surface area contributed by atoms with Crippen molar-refractivity contribution in [3.8, 4) is 0 Å². The number of nitrogens with one attached hydrogen (secondary N) is 1. The van der Waals surface area contributed by atoms with Crippen molar-refractivity contribution in [3.05, 3.63) is 34.9 Å². The third-order valence-corrected chi connectivity index (χ3v) is 3.77. The molecule has 1 aromatic rings. The van der Waals surface area contributed by atoms with Gasteiger partial charge in [0.1, 0.15) is 5.60 Å². The third kappa shape index (κ3) is 2.53. The summed E-state index contributed by atoms with van der Waals surface area (Å²) in [6.07, 6.45) is 0. The van der Waals surface area contributed by atoms with Crippen molar-refractivity contribution in [1.82, 2.24) is 5.32 Å². The van der Waals surface area contributed by atoms with Gasteiger partial charge in [0.2, 0.25) is 0 Å². The second kappa shape index (κ2) is 4.11. The van der Waals surface area contributed by atoms with Gasteiger partial charge < -0.3 is 10.1 Å². The first-order chi connectivity index (χ1) is 7.82. The lowest BCUT2D eigenvalue weighted by atomic mass is 9.89. The van der Waals surface area contributed by atoms with E-state index in [0.717, 1.165) is 13.2 Å². The minimum Gasteiger partial charge on any atom is -0.367 e. The molecule has 0 aliphatic carbocycles. The molecular formula is C15H23NO. The average molecular weight is 233 g/mol. The van der Waals surface area contributed by atoms with Crippen LogP contribution in [0.1, 0.15) is 37.5 Å². The molecule has 0 radical (unpaired) electrons. The minimum atomic E-state index is -0.200. The molecule has 2 nitrogen and oxygen atoms in total. The first kappa shape index (κ1) is 12.6. The van der Waals surface area contributed by atoms with Crippen LogP contribution in [0.25, 0.3) is 0 Å². The maximum absolute atomic E-state index is 6.10. The summed E-state index contributed by atoms with van der Waals surface area (Å²) in [6.45, 7) is 12.4. The Morgan fingerprint density at radius 1 is 1.12 bits per heavy atom. The molecule has 0 bridgehead atoms. The third-order valence-electron chi connectivity index (χ3n) is 3.77. The Balaban J connectivity index is 2.24. The summed E-state index contributed by atoms with van der Waals surface area (Å²) in [5.74, 6) is 0. The zero-order chi connectivity index (χ0) is 12.7. The van der Waals surface area contributed by atoms with Gasteiger partial charge in [-0.05, 0) is 51.3 Å². The van der Waals surface area contributed by atoms with Crippen molar-refractivity contribution < 1.29 is 4.74 Å². The van der Waals surface area contributed by atoms with Gasteiger partial charge in [-0.25, -0.2) is 0 Å². The maximum atomic E-state index is 6.10. The molecule has 1 unspecified atom stereocenters. The second-order valence-corrected chi connectivity index (χ2v) is 6.06. The Bertz CT molecular complexity index is 413. The van der Waals surface area contributed by atoms with Crippen molar-refractivity contribution >= 4 is 0 Å². The van der Waals surface area contributed by atoms with Gasteiger partial charge in [-0.3, -0.25) is 0 Å². The monoisotopic (exact) mass is 233 g/mol. The molecule has 0 saturated carbocycles. The maximum Gasteiger partial charge on any atom is 0.103 e. The highest BCUT2D eigenvalue weighted by Gasteiger charge is 2.36. The SMILES string of the molecule is Cc1ccc(C2(C)CNC(C)(C)CO2)cc1C. The number of aryl methyl sites for hydroxylation is 2. The lowest BCUT2D eigenvalue weighted by Gasteiger charge is -2.43. The highest BCUT2D eigenvalue weighted by atomic mass is 16.5. The fraction of sp³-hybridized carbons (Fsp3) is 0.600. The van der Waals surface area contributed by atoms with E-state index in [1.54, 1.807) is 0 Å². The van der Waals surface area contributed by atoms with E-state index in [-0.39, 0.29) is 11.1 Å². The zero-order valence-electron chi connectivity index (χ0n) is 11.6. The van der Waals surface area contributed by atoms with Crippen LogP contribution in [0, 0.1) is 13.8 Å². The van der Waals surface area contributed by atoms with E-state index in [1.165, 1.54) is 16.7 Å². The summed E-state index contributed by atoms with van der Waals surface area (Å²) < 4.78 is 6.10. The number of hydrogen-bond donors (Lipinski definition) is 1.